The molecule has 2 aromatic rings. The molecule has 0 spiro atoms. The number of hydrogen-bond acceptors (Lipinski definition) is 6. The molecule has 1 saturated carbocycles. The van der Waals surface area contributed by atoms with Crippen LogP contribution >= 0.6 is 11.8 Å². The maximum Gasteiger partial charge on any atom is 0.313 e. The number of nitrogens with zero attached hydrogens (tertiary/aromatic N) is 6. The van der Waals surface area contributed by atoms with E-state index in [-0.39, 0.29) is 5.75 Å². The first-order chi connectivity index (χ1) is 9.65. The molecule has 0 bridgehead atoms. The highest BCUT2D eigenvalue weighted by Crippen LogP contribution is 2.40. The minimum absolute atomic E-state index is 0.0262. The molecule has 2 aromatic heterocycles. The van der Waals surface area contributed by atoms with Crippen molar-refractivity contribution >= 4 is 17.7 Å². The van der Waals surface area contributed by atoms with Gasteiger partial charge in [-0.05, 0) is 12.8 Å². The van der Waals surface area contributed by atoms with E-state index in [1.807, 2.05) is 16.2 Å². The van der Waals surface area contributed by atoms with E-state index in [2.05, 4.69) is 20.4 Å². The summed E-state index contributed by atoms with van der Waals surface area (Å²) >= 11 is 1.18. The van der Waals surface area contributed by atoms with Crippen LogP contribution in [0.15, 0.2) is 11.5 Å². The maximum atomic E-state index is 10.7. The first-order valence-corrected chi connectivity index (χ1v) is 7.24. The highest BCUT2D eigenvalue weighted by molar-refractivity contribution is 7.99. The van der Waals surface area contributed by atoms with Crippen molar-refractivity contribution in [2.45, 2.75) is 30.5 Å². The number of aliphatic carboxylic acids is 1. The topological polar surface area (TPSA) is 98.7 Å². The van der Waals surface area contributed by atoms with E-state index in [0.717, 1.165) is 24.5 Å². The van der Waals surface area contributed by atoms with E-state index < -0.39 is 5.97 Å². The van der Waals surface area contributed by atoms with Crippen LogP contribution in [0, 0.1) is 0 Å². The number of thioether (sulfide) groups is 1. The summed E-state index contributed by atoms with van der Waals surface area (Å²) in [4.78, 5) is 10.7. The second-order valence-corrected chi connectivity index (χ2v) is 5.68. The zero-order valence-corrected chi connectivity index (χ0v) is 11.7. The van der Waals surface area contributed by atoms with Crippen molar-refractivity contribution in [3.8, 4) is 0 Å². The Bertz CT molecular complexity index is 633. The number of rotatable bonds is 6. The van der Waals surface area contributed by atoms with Crippen LogP contribution in [0.2, 0.25) is 0 Å². The number of aryl methyl sites for hydroxylation is 1. The van der Waals surface area contributed by atoms with Gasteiger partial charge in [-0.1, -0.05) is 11.8 Å². The van der Waals surface area contributed by atoms with Gasteiger partial charge >= 0.3 is 5.97 Å². The molecular weight excluding hydrogens is 280 g/mol. The second-order valence-electron chi connectivity index (χ2n) is 4.74. The van der Waals surface area contributed by atoms with Crippen LogP contribution in [0.4, 0.5) is 0 Å². The first-order valence-electron chi connectivity index (χ1n) is 6.25. The van der Waals surface area contributed by atoms with Crippen molar-refractivity contribution in [2.24, 2.45) is 7.05 Å². The lowest BCUT2D eigenvalue weighted by molar-refractivity contribution is -0.133. The summed E-state index contributed by atoms with van der Waals surface area (Å²) < 4.78 is 3.79. The lowest BCUT2D eigenvalue weighted by Gasteiger charge is -2.08. The van der Waals surface area contributed by atoms with Crippen LogP contribution < -0.4 is 0 Å². The lowest BCUT2D eigenvalue weighted by atomic mass is 10.4. The Labute approximate surface area is 119 Å². The molecule has 1 N–H and O–H groups in total. The molecule has 8 nitrogen and oxygen atoms in total. The fourth-order valence-electron chi connectivity index (χ4n) is 1.92. The van der Waals surface area contributed by atoms with Crippen LogP contribution in [0.25, 0.3) is 0 Å². The molecule has 106 valence electrons. The number of carboxylic acids is 1. The van der Waals surface area contributed by atoms with Crippen LogP contribution in [-0.4, -0.2) is 46.4 Å². The molecule has 0 saturated heterocycles. The highest BCUT2D eigenvalue weighted by atomic mass is 32.2. The molecule has 0 aromatic carbocycles. The van der Waals surface area contributed by atoms with Crippen LogP contribution in [0.5, 0.6) is 0 Å². The number of hydrogen-bond donors (Lipinski definition) is 1. The Kier molecular flexibility index (Phi) is 3.43. The molecule has 0 atom stereocenters. The van der Waals surface area contributed by atoms with Gasteiger partial charge in [-0.15, -0.1) is 20.4 Å². The Morgan fingerprint density at radius 3 is 2.85 bits per heavy atom. The Hall–Kier alpha value is -1.90. The fraction of sp³-hybridized carbons (Fsp3) is 0.545. The van der Waals surface area contributed by atoms with Gasteiger partial charge in [0.25, 0.3) is 0 Å². The van der Waals surface area contributed by atoms with Gasteiger partial charge in [-0.25, -0.2) is 0 Å². The lowest BCUT2D eigenvalue weighted by Crippen LogP contribution is -2.11. The summed E-state index contributed by atoms with van der Waals surface area (Å²) in [5.41, 5.74) is 0. The average Bonchev–Trinajstić information content (AvgIpc) is 3.06. The van der Waals surface area contributed by atoms with Crippen molar-refractivity contribution in [2.75, 3.05) is 5.75 Å². The van der Waals surface area contributed by atoms with Crippen molar-refractivity contribution in [1.29, 1.82) is 0 Å². The van der Waals surface area contributed by atoms with E-state index in [9.17, 15) is 4.79 Å². The van der Waals surface area contributed by atoms with Gasteiger partial charge in [-0.3, -0.25) is 9.36 Å². The molecule has 20 heavy (non-hydrogen) atoms. The molecule has 9 heteroatoms. The maximum absolute atomic E-state index is 10.7. The zero-order chi connectivity index (χ0) is 14.1. The molecule has 3 rings (SSSR count). The Balaban J connectivity index is 1.87. The third kappa shape index (κ3) is 2.67. The molecule has 0 unspecified atom stereocenters. The summed E-state index contributed by atoms with van der Waals surface area (Å²) in [5, 5.41) is 25.6. The van der Waals surface area contributed by atoms with Gasteiger partial charge in [-0.2, -0.15) is 0 Å². The number of aromatic nitrogens is 6. The van der Waals surface area contributed by atoms with Gasteiger partial charge in [0.05, 0.1) is 12.3 Å². The molecular formula is C11H14N6O2S. The quantitative estimate of drug-likeness (QED) is 0.775. The molecule has 1 aliphatic carbocycles. The van der Waals surface area contributed by atoms with E-state index in [0.29, 0.717) is 17.6 Å². The minimum Gasteiger partial charge on any atom is -0.481 e. The third-order valence-corrected chi connectivity index (χ3v) is 4.07. The zero-order valence-electron chi connectivity index (χ0n) is 10.9. The van der Waals surface area contributed by atoms with Gasteiger partial charge in [0, 0.05) is 13.0 Å². The summed E-state index contributed by atoms with van der Waals surface area (Å²) in [6.45, 7) is 0.511. The van der Waals surface area contributed by atoms with Crippen molar-refractivity contribution in [1.82, 2.24) is 29.5 Å². The fourth-order valence-corrected chi connectivity index (χ4v) is 2.58. The van der Waals surface area contributed by atoms with Crippen LogP contribution in [0.1, 0.15) is 30.4 Å². The molecule has 0 amide bonds. The summed E-state index contributed by atoms with van der Waals surface area (Å²) in [6.07, 6.45) is 3.86. The SMILES string of the molecule is Cn1cnnc1Cn1c(SCC(=O)O)nnc1C1CC1. The predicted octanol–water partition coefficient (Wildman–Crippen LogP) is 0.509. The van der Waals surface area contributed by atoms with Gasteiger partial charge in [0.1, 0.15) is 12.2 Å². The average molecular weight is 294 g/mol. The number of carboxylic acid groups (broad SMARTS) is 1. The normalized spacial score (nSPS) is 14.7. The Morgan fingerprint density at radius 1 is 1.45 bits per heavy atom. The standard InChI is InChI=1S/C11H14N6O2S/c1-16-6-12-13-8(16)4-17-10(7-2-3-7)14-15-11(17)20-5-9(18)19/h6-7H,2-5H2,1H3,(H,18,19). The largest absolute Gasteiger partial charge is 0.481 e. The number of carbonyl (C=O) groups is 1. The van der Waals surface area contributed by atoms with E-state index in [4.69, 9.17) is 5.11 Å². The predicted molar refractivity (Wildman–Crippen MR) is 70.5 cm³/mol. The first kappa shape index (κ1) is 13.1. The van der Waals surface area contributed by atoms with Crippen molar-refractivity contribution in [3.05, 3.63) is 18.0 Å². The molecule has 2 heterocycles. The summed E-state index contributed by atoms with van der Waals surface area (Å²) in [5.74, 6) is 1.26. The smallest absolute Gasteiger partial charge is 0.313 e. The summed E-state index contributed by atoms with van der Waals surface area (Å²) in [6, 6.07) is 0. The molecule has 0 radical (unpaired) electrons. The van der Waals surface area contributed by atoms with E-state index in [1.54, 1.807) is 6.33 Å². The van der Waals surface area contributed by atoms with Crippen LogP contribution in [0.3, 0.4) is 0 Å². The molecule has 1 fully saturated rings. The highest BCUT2D eigenvalue weighted by Gasteiger charge is 2.31. The third-order valence-electron chi connectivity index (χ3n) is 3.12. The molecule has 1 aliphatic rings. The molecule has 0 aliphatic heterocycles. The van der Waals surface area contributed by atoms with Crippen molar-refractivity contribution in [3.63, 3.8) is 0 Å². The second kappa shape index (κ2) is 5.23. The van der Waals surface area contributed by atoms with Gasteiger partial charge in [0.2, 0.25) is 0 Å². The van der Waals surface area contributed by atoms with E-state index in [1.165, 1.54) is 11.8 Å². The monoisotopic (exact) mass is 294 g/mol. The minimum atomic E-state index is -0.865. The Morgan fingerprint density at radius 2 is 2.25 bits per heavy atom. The van der Waals surface area contributed by atoms with Crippen molar-refractivity contribution < 1.29 is 9.90 Å². The van der Waals surface area contributed by atoms with E-state index >= 15 is 0 Å². The van der Waals surface area contributed by atoms with Gasteiger partial charge < -0.3 is 9.67 Å². The van der Waals surface area contributed by atoms with Crippen LogP contribution in [-0.2, 0) is 18.4 Å². The summed E-state index contributed by atoms with van der Waals surface area (Å²) in [7, 11) is 1.88. The van der Waals surface area contributed by atoms with Gasteiger partial charge in [0.15, 0.2) is 11.0 Å².